The molecule has 1 aromatic carbocycles. The molecule has 1 atom stereocenters. The lowest BCUT2D eigenvalue weighted by Crippen LogP contribution is -2.57. The second-order valence-electron chi connectivity index (χ2n) is 8.45. The molecule has 0 aliphatic carbocycles. The molecule has 5 nitrogen and oxygen atoms in total. The standard InChI is InChI=1S/C23H35N3O2/c1-4-22(27)26-12-6-5-7-21(26)23(28)25-15-13-24(14-16-25)17-19-8-10-20(11-9-19)18(2)3/h8-11,18,21H,4-7,12-17H2,1-3H3. The van der Waals surface area contributed by atoms with E-state index in [-0.39, 0.29) is 17.9 Å². The fraction of sp³-hybridized carbons (Fsp3) is 0.652. The fourth-order valence-electron chi connectivity index (χ4n) is 4.29. The van der Waals surface area contributed by atoms with Crippen LogP contribution in [0, 0.1) is 0 Å². The van der Waals surface area contributed by atoms with E-state index in [0.29, 0.717) is 12.3 Å². The minimum absolute atomic E-state index is 0.113. The van der Waals surface area contributed by atoms with Gasteiger partial charge in [0.05, 0.1) is 0 Å². The highest BCUT2D eigenvalue weighted by Crippen LogP contribution is 2.21. The van der Waals surface area contributed by atoms with Gasteiger partial charge in [-0.2, -0.15) is 0 Å². The van der Waals surface area contributed by atoms with Crippen molar-refractivity contribution in [2.45, 2.75) is 65.0 Å². The molecule has 2 heterocycles. The summed E-state index contributed by atoms with van der Waals surface area (Å²) in [5.74, 6) is 0.825. The van der Waals surface area contributed by atoms with E-state index >= 15 is 0 Å². The van der Waals surface area contributed by atoms with E-state index in [1.807, 2.05) is 16.7 Å². The molecule has 0 radical (unpaired) electrons. The van der Waals surface area contributed by atoms with Gasteiger partial charge >= 0.3 is 0 Å². The van der Waals surface area contributed by atoms with Gasteiger partial charge in [0, 0.05) is 45.7 Å². The number of piperidine rings is 1. The van der Waals surface area contributed by atoms with Crippen molar-refractivity contribution in [3.8, 4) is 0 Å². The average molecular weight is 386 g/mol. The van der Waals surface area contributed by atoms with Crippen molar-refractivity contribution >= 4 is 11.8 Å². The summed E-state index contributed by atoms with van der Waals surface area (Å²) < 4.78 is 0. The molecule has 2 aliphatic heterocycles. The summed E-state index contributed by atoms with van der Waals surface area (Å²) in [4.78, 5) is 31.5. The van der Waals surface area contributed by atoms with Crippen LogP contribution in [-0.4, -0.2) is 65.3 Å². The van der Waals surface area contributed by atoms with Gasteiger partial charge in [0.25, 0.3) is 0 Å². The van der Waals surface area contributed by atoms with E-state index in [1.165, 1.54) is 11.1 Å². The summed E-state index contributed by atoms with van der Waals surface area (Å²) in [6.45, 7) is 11.3. The fourth-order valence-corrected chi connectivity index (χ4v) is 4.29. The van der Waals surface area contributed by atoms with Gasteiger partial charge in [0.15, 0.2) is 0 Å². The van der Waals surface area contributed by atoms with E-state index in [9.17, 15) is 9.59 Å². The lowest BCUT2D eigenvalue weighted by molar-refractivity contribution is -0.148. The van der Waals surface area contributed by atoms with Gasteiger partial charge in [0.1, 0.15) is 6.04 Å². The number of hydrogen-bond acceptors (Lipinski definition) is 3. The average Bonchev–Trinajstić information content (AvgIpc) is 2.73. The van der Waals surface area contributed by atoms with Gasteiger partial charge in [-0.25, -0.2) is 0 Å². The van der Waals surface area contributed by atoms with Crippen LogP contribution in [0.25, 0.3) is 0 Å². The molecule has 2 aliphatic rings. The van der Waals surface area contributed by atoms with Crippen LogP contribution >= 0.6 is 0 Å². The molecule has 0 aromatic heterocycles. The molecule has 2 fully saturated rings. The molecule has 0 N–H and O–H groups in total. The zero-order valence-electron chi connectivity index (χ0n) is 17.7. The van der Waals surface area contributed by atoms with Gasteiger partial charge < -0.3 is 9.80 Å². The van der Waals surface area contributed by atoms with Crippen molar-refractivity contribution in [2.24, 2.45) is 0 Å². The normalized spacial score (nSPS) is 21.2. The number of piperazine rings is 1. The second kappa shape index (κ2) is 9.55. The van der Waals surface area contributed by atoms with E-state index in [1.54, 1.807) is 0 Å². The monoisotopic (exact) mass is 385 g/mol. The number of nitrogens with zero attached hydrogens (tertiary/aromatic N) is 3. The first-order valence-electron chi connectivity index (χ1n) is 10.9. The lowest BCUT2D eigenvalue weighted by atomic mass is 10.00. The van der Waals surface area contributed by atoms with Crippen LogP contribution in [0.15, 0.2) is 24.3 Å². The van der Waals surface area contributed by atoms with Crippen LogP contribution in [0.5, 0.6) is 0 Å². The quantitative estimate of drug-likeness (QED) is 0.782. The Balaban J connectivity index is 1.52. The zero-order chi connectivity index (χ0) is 20.1. The molecule has 5 heteroatoms. The first kappa shape index (κ1) is 20.8. The second-order valence-corrected chi connectivity index (χ2v) is 8.45. The van der Waals surface area contributed by atoms with Crippen LogP contribution < -0.4 is 0 Å². The summed E-state index contributed by atoms with van der Waals surface area (Å²) >= 11 is 0. The Morgan fingerprint density at radius 2 is 1.68 bits per heavy atom. The topological polar surface area (TPSA) is 43.9 Å². The summed E-state index contributed by atoms with van der Waals surface area (Å²) in [5.41, 5.74) is 2.70. The van der Waals surface area contributed by atoms with Crippen LogP contribution in [0.4, 0.5) is 0 Å². The molecular formula is C23H35N3O2. The lowest BCUT2D eigenvalue weighted by Gasteiger charge is -2.40. The molecule has 3 rings (SSSR count). The molecule has 2 saturated heterocycles. The zero-order valence-corrected chi connectivity index (χ0v) is 17.7. The molecule has 154 valence electrons. The van der Waals surface area contributed by atoms with Crippen molar-refractivity contribution in [1.82, 2.24) is 14.7 Å². The van der Waals surface area contributed by atoms with Gasteiger partial charge in [-0.3, -0.25) is 14.5 Å². The third-order valence-electron chi connectivity index (χ3n) is 6.15. The summed E-state index contributed by atoms with van der Waals surface area (Å²) in [6.07, 6.45) is 3.34. The maximum absolute atomic E-state index is 13.1. The van der Waals surface area contributed by atoms with E-state index in [2.05, 4.69) is 43.0 Å². The Kier molecular flexibility index (Phi) is 7.11. The van der Waals surface area contributed by atoms with Crippen LogP contribution in [0.1, 0.15) is 63.5 Å². The van der Waals surface area contributed by atoms with E-state index in [0.717, 1.165) is 58.5 Å². The smallest absolute Gasteiger partial charge is 0.245 e. The van der Waals surface area contributed by atoms with Gasteiger partial charge in [-0.05, 0) is 36.3 Å². The molecule has 0 bridgehead atoms. The number of carbonyl (C=O) groups is 2. The van der Waals surface area contributed by atoms with Crippen LogP contribution in [-0.2, 0) is 16.1 Å². The van der Waals surface area contributed by atoms with Gasteiger partial charge in [0.2, 0.25) is 11.8 Å². The molecule has 2 amide bonds. The van der Waals surface area contributed by atoms with Crippen molar-refractivity contribution in [2.75, 3.05) is 32.7 Å². The number of likely N-dealkylation sites (tertiary alicyclic amines) is 1. The highest BCUT2D eigenvalue weighted by Gasteiger charge is 2.35. The number of hydrogen-bond donors (Lipinski definition) is 0. The Morgan fingerprint density at radius 1 is 1.00 bits per heavy atom. The maximum atomic E-state index is 13.1. The Labute approximate surface area is 169 Å². The van der Waals surface area contributed by atoms with E-state index < -0.39 is 0 Å². The predicted molar refractivity (Wildman–Crippen MR) is 112 cm³/mol. The maximum Gasteiger partial charge on any atom is 0.245 e. The molecule has 0 spiro atoms. The third-order valence-corrected chi connectivity index (χ3v) is 6.15. The molecule has 0 saturated carbocycles. The van der Waals surface area contributed by atoms with Gasteiger partial charge in [-0.15, -0.1) is 0 Å². The van der Waals surface area contributed by atoms with Crippen molar-refractivity contribution in [3.63, 3.8) is 0 Å². The minimum atomic E-state index is -0.240. The minimum Gasteiger partial charge on any atom is -0.338 e. The molecule has 28 heavy (non-hydrogen) atoms. The highest BCUT2D eigenvalue weighted by atomic mass is 16.2. The van der Waals surface area contributed by atoms with Crippen molar-refractivity contribution in [1.29, 1.82) is 0 Å². The van der Waals surface area contributed by atoms with Gasteiger partial charge in [-0.1, -0.05) is 45.0 Å². The third kappa shape index (κ3) is 4.93. The Morgan fingerprint density at radius 3 is 2.29 bits per heavy atom. The first-order chi connectivity index (χ1) is 13.5. The number of carbonyl (C=O) groups excluding carboxylic acids is 2. The number of benzene rings is 1. The molecule has 1 unspecified atom stereocenters. The number of amides is 2. The first-order valence-corrected chi connectivity index (χ1v) is 10.9. The van der Waals surface area contributed by atoms with Crippen LogP contribution in [0.3, 0.4) is 0 Å². The SMILES string of the molecule is CCC(=O)N1CCCCC1C(=O)N1CCN(Cc2ccc(C(C)C)cc2)CC1. The van der Waals surface area contributed by atoms with Crippen LogP contribution in [0.2, 0.25) is 0 Å². The summed E-state index contributed by atoms with van der Waals surface area (Å²) in [5, 5.41) is 0. The number of rotatable bonds is 5. The Hall–Kier alpha value is -1.88. The molecular weight excluding hydrogens is 350 g/mol. The highest BCUT2D eigenvalue weighted by molar-refractivity contribution is 5.88. The summed E-state index contributed by atoms with van der Waals surface area (Å²) in [6, 6.07) is 8.66. The molecule has 1 aromatic rings. The largest absolute Gasteiger partial charge is 0.338 e. The van der Waals surface area contributed by atoms with E-state index in [4.69, 9.17) is 0 Å². The Bertz CT molecular complexity index is 663. The van der Waals surface area contributed by atoms with Crippen molar-refractivity contribution in [3.05, 3.63) is 35.4 Å². The van der Waals surface area contributed by atoms with Crippen molar-refractivity contribution < 1.29 is 9.59 Å². The summed E-state index contributed by atoms with van der Waals surface area (Å²) in [7, 11) is 0. The predicted octanol–water partition coefficient (Wildman–Crippen LogP) is 3.25.